The third kappa shape index (κ3) is 9.20. The van der Waals surface area contributed by atoms with Gasteiger partial charge in [-0.05, 0) is 113 Å². The molecule has 0 bridgehead atoms. The van der Waals surface area contributed by atoms with E-state index < -0.39 is 39.2 Å². The van der Waals surface area contributed by atoms with Crippen LogP contribution in [0.4, 0.5) is 10.1 Å². The molecule has 0 saturated carbocycles. The average Bonchev–Trinajstić information content (AvgIpc) is 2.93. The number of anilines is 1. The van der Waals surface area contributed by atoms with Gasteiger partial charge < -0.3 is 10.6 Å². The minimum absolute atomic E-state index is 0.0823. The van der Waals surface area contributed by atoms with Crippen molar-refractivity contribution >= 4 is 27.5 Å². The SMILES string of the molecule is CC(C)(C)NS(=O)(=O)c1ccc(NC(=O)[C@H](CC2CCN(Cc3ccccc3)CC2)NC(=O)c2ccc(F)cc2)cc1. The van der Waals surface area contributed by atoms with Crippen molar-refractivity contribution in [2.75, 3.05) is 18.4 Å². The molecule has 3 aromatic carbocycles. The van der Waals surface area contributed by atoms with Gasteiger partial charge in [-0.25, -0.2) is 17.5 Å². The lowest BCUT2D eigenvalue weighted by Gasteiger charge is -2.33. The molecule has 0 radical (unpaired) electrons. The third-order valence-corrected chi connectivity index (χ3v) is 8.90. The van der Waals surface area contributed by atoms with Crippen LogP contribution in [0.5, 0.6) is 0 Å². The number of carbonyl (C=O) groups excluding carboxylic acids is 2. The molecule has 0 aromatic heterocycles. The molecule has 3 N–H and O–H groups in total. The Balaban J connectivity index is 1.43. The lowest BCUT2D eigenvalue weighted by molar-refractivity contribution is -0.118. The number of piperidine rings is 1. The Hall–Kier alpha value is -3.60. The third-order valence-electron chi connectivity index (χ3n) is 7.13. The zero-order valence-corrected chi connectivity index (χ0v) is 25.1. The Labute approximate surface area is 247 Å². The Kier molecular flexibility index (Phi) is 10.1. The zero-order valence-electron chi connectivity index (χ0n) is 24.3. The maximum atomic E-state index is 13.5. The summed E-state index contributed by atoms with van der Waals surface area (Å²) in [6, 6.07) is 20.5. The molecule has 42 heavy (non-hydrogen) atoms. The molecular formula is C32H39FN4O4S. The Morgan fingerprint density at radius 1 is 0.929 bits per heavy atom. The van der Waals surface area contributed by atoms with Crippen molar-refractivity contribution in [1.29, 1.82) is 0 Å². The average molecular weight is 595 g/mol. The van der Waals surface area contributed by atoms with E-state index in [-0.39, 0.29) is 16.4 Å². The van der Waals surface area contributed by atoms with Gasteiger partial charge in [0.15, 0.2) is 0 Å². The van der Waals surface area contributed by atoms with Crippen molar-refractivity contribution < 1.29 is 22.4 Å². The first kappa shape index (κ1) is 31.3. The number of benzene rings is 3. The summed E-state index contributed by atoms with van der Waals surface area (Å²) in [5.74, 6) is -1.10. The van der Waals surface area contributed by atoms with Gasteiger partial charge in [0.25, 0.3) is 5.91 Å². The van der Waals surface area contributed by atoms with Crippen LogP contribution in [0.2, 0.25) is 0 Å². The van der Waals surface area contributed by atoms with Gasteiger partial charge in [0.05, 0.1) is 4.90 Å². The highest BCUT2D eigenvalue weighted by Crippen LogP contribution is 2.24. The van der Waals surface area contributed by atoms with Crippen molar-refractivity contribution in [2.24, 2.45) is 5.92 Å². The van der Waals surface area contributed by atoms with Gasteiger partial charge >= 0.3 is 0 Å². The minimum atomic E-state index is -3.72. The van der Waals surface area contributed by atoms with Crippen LogP contribution in [0, 0.1) is 11.7 Å². The number of nitrogens with one attached hydrogen (secondary N) is 3. The van der Waals surface area contributed by atoms with Gasteiger partial charge in [-0.2, -0.15) is 0 Å². The highest BCUT2D eigenvalue weighted by Gasteiger charge is 2.28. The van der Waals surface area contributed by atoms with E-state index in [2.05, 4.69) is 32.4 Å². The number of hydrogen-bond donors (Lipinski definition) is 3. The number of amides is 2. The molecule has 8 nitrogen and oxygen atoms in total. The van der Waals surface area contributed by atoms with E-state index in [1.54, 1.807) is 20.8 Å². The number of likely N-dealkylation sites (tertiary alicyclic amines) is 1. The fourth-order valence-corrected chi connectivity index (χ4v) is 6.46. The molecule has 0 spiro atoms. The molecule has 0 aliphatic carbocycles. The van der Waals surface area contributed by atoms with Crippen LogP contribution in [0.1, 0.15) is 56.0 Å². The second-order valence-electron chi connectivity index (χ2n) is 11.8. The Morgan fingerprint density at radius 3 is 2.14 bits per heavy atom. The van der Waals surface area contributed by atoms with E-state index in [0.717, 1.165) is 32.5 Å². The van der Waals surface area contributed by atoms with Gasteiger partial charge in [0, 0.05) is 23.3 Å². The van der Waals surface area contributed by atoms with E-state index >= 15 is 0 Å². The minimum Gasteiger partial charge on any atom is -0.340 e. The molecule has 224 valence electrons. The quantitative estimate of drug-likeness (QED) is 0.308. The molecule has 1 atom stereocenters. The van der Waals surface area contributed by atoms with Crippen LogP contribution in [0.3, 0.4) is 0 Å². The van der Waals surface area contributed by atoms with E-state index in [1.807, 2.05) is 18.2 Å². The number of rotatable bonds is 10. The summed E-state index contributed by atoms with van der Waals surface area (Å²) in [6.45, 7) is 7.92. The normalized spacial score (nSPS) is 15.6. The largest absolute Gasteiger partial charge is 0.340 e. The number of halogens is 1. The maximum absolute atomic E-state index is 13.5. The zero-order chi connectivity index (χ0) is 30.3. The van der Waals surface area contributed by atoms with Crippen molar-refractivity contribution in [3.8, 4) is 0 Å². The summed E-state index contributed by atoms with van der Waals surface area (Å²) >= 11 is 0. The topological polar surface area (TPSA) is 108 Å². The van der Waals surface area contributed by atoms with E-state index in [0.29, 0.717) is 12.1 Å². The molecule has 2 amide bonds. The van der Waals surface area contributed by atoms with Crippen molar-refractivity contribution in [3.05, 3.63) is 95.8 Å². The molecule has 4 rings (SSSR count). The van der Waals surface area contributed by atoms with Crippen molar-refractivity contribution in [1.82, 2.24) is 14.9 Å². The molecule has 1 heterocycles. The number of nitrogens with zero attached hydrogens (tertiary/aromatic N) is 1. The molecule has 10 heteroatoms. The summed E-state index contributed by atoms with van der Waals surface area (Å²) in [5, 5.41) is 5.67. The van der Waals surface area contributed by atoms with Crippen LogP contribution < -0.4 is 15.4 Å². The van der Waals surface area contributed by atoms with E-state index in [1.165, 1.54) is 54.1 Å². The molecule has 1 aliphatic rings. The summed E-state index contributed by atoms with van der Waals surface area (Å²) in [5.41, 5.74) is 1.29. The summed E-state index contributed by atoms with van der Waals surface area (Å²) < 4.78 is 41.3. The smallest absolute Gasteiger partial charge is 0.251 e. The van der Waals surface area contributed by atoms with Gasteiger partial charge in [0.2, 0.25) is 15.9 Å². The lowest BCUT2D eigenvalue weighted by Crippen LogP contribution is -2.46. The monoisotopic (exact) mass is 594 g/mol. The highest BCUT2D eigenvalue weighted by molar-refractivity contribution is 7.89. The number of carbonyl (C=O) groups is 2. The van der Waals surface area contributed by atoms with Crippen molar-refractivity contribution in [3.63, 3.8) is 0 Å². The Morgan fingerprint density at radius 2 is 1.55 bits per heavy atom. The summed E-state index contributed by atoms with van der Waals surface area (Å²) in [4.78, 5) is 28.9. The van der Waals surface area contributed by atoms with Crippen LogP contribution in [0.15, 0.2) is 83.8 Å². The van der Waals surface area contributed by atoms with Crippen LogP contribution in [-0.2, 0) is 21.4 Å². The predicted octanol–water partition coefficient (Wildman–Crippen LogP) is 4.94. The molecule has 1 saturated heterocycles. The van der Waals surface area contributed by atoms with Crippen LogP contribution >= 0.6 is 0 Å². The van der Waals surface area contributed by atoms with Crippen LogP contribution in [-0.4, -0.2) is 49.8 Å². The van der Waals surface area contributed by atoms with Crippen molar-refractivity contribution in [2.45, 2.75) is 63.1 Å². The maximum Gasteiger partial charge on any atom is 0.251 e. The number of sulfonamides is 1. The fourth-order valence-electron chi connectivity index (χ4n) is 5.04. The highest BCUT2D eigenvalue weighted by atomic mass is 32.2. The first-order valence-corrected chi connectivity index (χ1v) is 15.6. The van der Waals surface area contributed by atoms with Gasteiger partial charge in [-0.15, -0.1) is 0 Å². The standard InChI is InChI=1S/C32H39FN4O4S/c1-32(2,3)36-42(40,41)28-15-13-27(14-16-28)34-31(39)29(35-30(38)25-9-11-26(33)12-10-25)21-23-17-19-37(20-18-23)22-24-7-5-4-6-8-24/h4-16,23,29,36H,17-22H2,1-3H3,(H,34,39)(H,35,38)/t29-/m0/s1. The van der Waals surface area contributed by atoms with Gasteiger partial charge in [-0.1, -0.05) is 30.3 Å². The van der Waals surface area contributed by atoms with E-state index in [4.69, 9.17) is 0 Å². The predicted molar refractivity (Wildman–Crippen MR) is 162 cm³/mol. The lowest BCUT2D eigenvalue weighted by atomic mass is 9.89. The van der Waals surface area contributed by atoms with Gasteiger partial charge in [-0.3, -0.25) is 14.5 Å². The molecular weight excluding hydrogens is 555 g/mol. The number of hydrogen-bond acceptors (Lipinski definition) is 5. The van der Waals surface area contributed by atoms with Gasteiger partial charge in [0.1, 0.15) is 11.9 Å². The first-order chi connectivity index (χ1) is 19.9. The molecule has 3 aromatic rings. The second kappa shape index (κ2) is 13.6. The fraction of sp³-hybridized carbons (Fsp3) is 0.375. The summed E-state index contributed by atoms with van der Waals surface area (Å²) in [7, 11) is -3.72. The summed E-state index contributed by atoms with van der Waals surface area (Å²) in [6.07, 6.45) is 2.21. The molecule has 1 aliphatic heterocycles. The van der Waals surface area contributed by atoms with Crippen LogP contribution in [0.25, 0.3) is 0 Å². The first-order valence-electron chi connectivity index (χ1n) is 14.2. The molecule has 1 fully saturated rings. The Bertz CT molecular complexity index is 1450. The molecule has 0 unspecified atom stereocenters. The second-order valence-corrected chi connectivity index (χ2v) is 13.5. The van der Waals surface area contributed by atoms with E-state index in [9.17, 15) is 22.4 Å².